The smallest absolute Gasteiger partial charge is 0.123 e. The van der Waals surface area contributed by atoms with Gasteiger partial charge in [-0.3, -0.25) is 9.88 Å². The zero-order valence-electron chi connectivity index (χ0n) is 11.7. The molecule has 0 amide bonds. The summed E-state index contributed by atoms with van der Waals surface area (Å²) in [7, 11) is 0. The lowest BCUT2D eigenvalue weighted by atomic mass is 10.0. The van der Waals surface area contributed by atoms with E-state index >= 15 is 0 Å². The largest absolute Gasteiger partial charge is 0.329 e. The highest BCUT2D eigenvalue weighted by Gasteiger charge is 2.18. The normalized spacial score (nSPS) is 12.6. The molecule has 106 valence electrons. The molecule has 3 nitrogen and oxygen atoms in total. The minimum Gasteiger partial charge on any atom is -0.329 e. The number of nitrogens with zero attached hydrogens (tertiary/aromatic N) is 2. The molecule has 1 unspecified atom stereocenters. The third-order valence-corrected chi connectivity index (χ3v) is 3.42. The zero-order valence-corrected chi connectivity index (χ0v) is 11.7. The van der Waals surface area contributed by atoms with Gasteiger partial charge in [0.15, 0.2) is 0 Å². The number of hydrogen-bond donors (Lipinski definition) is 1. The molecule has 1 aromatic carbocycles. The van der Waals surface area contributed by atoms with Crippen LogP contribution in [0.4, 0.5) is 4.39 Å². The van der Waals surface area contributed by atoms with E-state index in [2.05, 4.69) is 16.8 Å². The van der Waals surface area contributed by atoms with E-state index < -0.39 is 0 Å². The second-order valence-corrected chi connectivity index (χ2v) is 4.69. The minimum atomic E-state index is -0.225. The van der Waals surface area contributed by atoms with Crippen LogP contribution in [-0.4, -0.2) is 23.0 Å². The number of pyridine rings is 1. The lowest BCUT2D eigenvalue weighted by molar-refractivity contribution is 0.201. The third kappa shape index (κ3) is 3.62. The van der Waals surface area contributed by atoms with Gasteiger partial charge in [0.1, 0.15) is 5.82 Å². The van der Waals surface area contributed by atoms with Crippen LogP contribution < -0.4 is 5.73 Å². The highest BCUT2D eigenvalue weighted by molar-refractivity contribution is 5.20. The Morgan fingerprint density at radius 2 is 1.95 bits per heavy atom. The molecule has 1 heterocycles. The second-order valence-electron chi connectivity index (χ2n) is 4.69. The number of aromatic nitrogens is 1. The van der Waals surface area contributed by atoms with Crippen LogP contribution in [0.15, 0.2) is 48.7 Å². The molecule has 0 saturated heterocycles. The number of nitrogens with two attached hydrogens (primary N) is 1. The number of halogens is 1. The maximum Gasteiger partial charge on any atom is 0.123 e. The Hall–Kier alpha value is -1.78. The van der Waals surface area contributed by atoms with Gasteiger partial charge in [-0.2, -0.15) is 0 Å². The van der Waals surface area contributed by atoms with Crippen molar-refractivity contribution in [1.82, 2.24) is 9.88 Å². The summed E-state index contributed by atoms with van der Waals surface area (Å²) in [6.45, 7) is 4.17. The fourth-order valence-electron chi connectivity index (χ4n) is 2.32. The summed E-state index contributed by atoms with van der Waals surface area (Å²) in [5, 5.41) is 0. The molecule has 0 radical (unpaired) electrons. The maximum absolute atomic E-state index is 13.0. The topological polar surface area (TPSA) is 42.2 Å². The van der Waals surface area contributed by atoms with Gasteiger partial charge in [-0.25, -0.2) is 4.39 Å². The Morgan fingerprint density at radius 1 is 1.20 bits per heavy atom. The van der Waals surface area contributed by atoms with Crippen LogP contribution >= 0.6 is 0 Å². The molecule has 0 saturated carbocycles. The van der Waals surface area contributed by atoms with Crippen molar-refractivity contribution in [3.8, 4) is 0 Å². The van der Waals surface area contributed by atoms with Crippen molar-refractivity contribution in [3.05, 3.63) is 65.7 Å². The predicted molar refractivity (Wildman–Crippen MR) is 78.5 cm³/mol. The summed E-state index contributed by atoms with van der Waals surface area (Å²) in [6, 6.07) is 12.5. The molecule has 2 rings (SSSR count). The Bertz CT molecular complexity index is 513. The molecule has 2 N–H and O–H groups in total. The minimum absolute atomic E-state index is 0.0719. The van der Waals surface area contributed by atoms with E-state index in [4.69, 9.17) is 5.73 Å². The van der Waals surface area contributed by atoms with Crippen molar-refractivity contribution >= 4 is 0 Å². The van der Waals surface area contributed by atoms with Gasteiger partial charge < -0.3 is 5.73 Å². The molecular formula is C16H20FN3. The van der Waals surface area contributed by atoms with Crippen molar-refractivity contribution in [2.75, 3.05) is 13.1 Å². The number of rotatable bonds is 6. The molecule has 0 bridgehead atoms. The quantitative estimate of drug-likeness (QED) is 0.880. The van der Waals surface area contributed by atoms with Gasteiger partial charge in [-0.1, -0.05) is 25.1 Å². The first-order chi connectivity index (χ1) is 9.74. The van der Waals surface area contributed by atoms with Crippen molar-refractivity contribution in [3.63, 3.8) is 0 Å². The molecule has 0 fully saturated rings. The first-order valence-corrected chi connectivity index (χ1v) is 6.84. The van der Waals surface area contributed by atoms with Crippen LogP contribution in [0.1, 0.15) is 24.2 Å². The average molecular weight is 273 g/mol. The van der Waals surface area contributed by atoms with Crippen molar-refractivity contribution in [2.45, 2.75) is 19.5 Å². The fourth-order valence-corrected chi connectivity index (χ4v) is 2.32. The standard InChI is InChI=1S/C16H20FN3/c1-2-20(12-15-5-3-4-10-19-15)16(11-18)13-6-8-14(17)9-7-13/h3-10,16H,2,11-12,18H2,1H3. The molecule has 1 aromatic heterocycles. The molecule has 0 aliphatic heterocycles. The van der Waals surface area contributed by atoms with Crippen molar-refractivity contribution < 1.29 is 4.39 Å². The van der Waals surface area contributed by atoms with Gasteiger partial charge in [-0.15, -0.1) is 0 Å². The first kappa shape index (κ1) is 14.6. The summed E-state index contributed by atoms with van der Waals surface area (Å²) in [5.41, 5.74) is 7.96. The van der Waals surface area contributed by atoms with E-state index in [1.807, 2.05) is 18.2 Å². The van der Waals surface area contributed by atoms with E-state index in [0.717, 1.165) is 24.3 Å². The number of hydrogen-bond acceptors (Lipinski definition) is 3. The van der Waals surface area contributed by atoms with Gasteiger partial charge in [-0.05, 0) is 36.4 Å². The van der Waals surface area contributed by atoms with E-state index in [0.29, 0.717) is 6.54 Å². The summed E-state index contributed by atoms with van der Waals surface area (Å²) >= 11 is 0. The van der Waals surface area contributed by atoms with Crippen LogP contribution in [0, 0.1) is 5.82 Å². The van der Waals surface area contributed by atoms with Gasteiger partial charge in [0.25, 0.3) is 0 Å². The van der Waals surface area contributed by atoms with E-state index in [1.54, 1.807) is 18.3 Å². The Labute approximate surface area is 119 Å². The summed E-state index contributed by atoms with van der Waals surface area (Å²) < 4.78 is 13.0. The molecule has 4 heteroatoms. The molecule has 2 aromatic rings. The SMILES string of the molecule is CCN(Cc1ccccn1)C(CN)c1ccc(F)cc1. The molecule has 0 aliphatic rings. The van der Waals surface area contributed by atoms with Gasteiger partial charge in [0.2, 0.25) is 0 Å². The van der Waals surface area contributed by atoms with Gasteiger partial charge >= 0.3 is 0 Å². The fraction of sp³-hybridized carbons (Fsp3) is 0.312. The van der Waals surface area contributed by atoms with E-state index in [-0.39, 0.29) is 11.9 Å². The summed E-state index contributed by atoms with van der Waals surface area (Å²) in [5.74, 6) is -0.225. The first-order valence-electron chi connectivity index (χ1n) is 6.84. The molecular weight excluding hydrogens is 253 g/mol. The molecule has 0 spiro atoms. The van der Waals surface area contributed by atoms with Gasteiger partial charge in [0, 0.05) is 25.3 Å². The Kier molecular flexibility index (Phi) is 5.21. The summed E-state index contributed by atoms with van der Waals surface area (Å²) in [4.78, 5) is 6.59. The van der Waals surface area contributed by atoms with E-state index in [1.165, 1.54) is 12.1 Å². The van der Waals surface area contributed by atoms with Crippen molar-refractivity contribution in [1.29, 1.82) is 0 Å². The molecule has 0 aliphatic carbocycles. The number of benzene rings is 1. The van der Waals surface area contributed by atoms with Crippen LogP contribution in [0.25, 0.3) is 0 Å². The lowest BCUT2D eigenvalue weighted by Crippen LogP contribution is -2.33. The molecule has 1 atom stereocenters. The Balaban J connectivity index is 2.17. The lowest BCUT2D eigenvalue weighted by Gasteiger charge is -2.30. The van der Waals surface area contributed by atoms with Crippen LogP contribution in [0.5, 0.6) is 0 Å². The van der Waals surface area contributed by atoms with Gasteiger partial charge in [0.05, 0.1) is 5.69 Å². The highest BCUT2D eigenvalue weighted by Crippen LogP contribution is 2.21. The van der Waals surface area contributed by atoms with E-state index in [9.17, 15) is 4.39 Å². The predicted octanol–water partition coefficient (Wildman–Crippen LogP) is 2.74. The van der Waals surface area contributed by atoms with Crippen LogP contribution in [0.2, 0.25) is 0 Å². The zero-order chi connectivity index (χ0) is 14.4. The highest BCUT2D eigenvalue weighted by atomic mass is 19.1. The Morgan fingerprint density at radius 3 is 2.50 bits per heavy atom. The average Bonchev–Trinajstić information content (AvgIpc) is 2.49. The maximum atomic E-state index is 13.0. The summed E-state index contributed by atoms with van der Waals surface area (Å²) in [6.07, 6.45) is 1.79. The van der Waals surface area contributed by atoms with Crippen molar-refractivity contribution in [2.24, 2.45) is 5.73 Å². The second kappa shape index (κ2) is 7.12. The van der Waals surface area contributed by atoms with Crippen LogP contribution in [0.3, 0.4) is 0 Å². The monoisotopic (exact) mass is 273 g/mol. The number of likely N-dealkylation sites (N-methyl/N-ethyl adjacent to an activating group) is 1. The van der Waals surface area contributed by atoms with Crippen LogP contribution in [-0.2, 0) is 6.54 Å². The third-order valence-electron chi connectivity index (χ3n) is 3.42. The molecule has 20 heavy (non-hydrogen) atoms.